The van der Waals surface area contributed by atoms with Crippen molar-refractivity contribution in [2.75, 3.05) is 0 Å². The number of carbonyl (C=O) groups excluding carboxylic acids is 2. The maximum absolute atomic E-state index is 11.7. The van der Waals surface area contributed by atoms with Gasteiger partial charge in [-0.25, -0.2) is 0 Å². The third-order valence-electron chi connectivity index (χ3n) is 3.07. The van der Waals surface area contributed by atoms with Gasteiger partial charge in [0, 0.05) is 12.0 Å². The highest BCUT2D eigenvalue weighted by molar-refractivity contribution is 6.06. The number of amides is 1. The highest BCUT2D eigenvalue weighted by Gasteiger charge is 2.45. The Morgan fingerprint density at radius 2 is 2.07 bits per heavy atom. The fraction of sp³-hybridized carbons (Fsp3) is 0.727. The molecule has 0 aromatic heterocycles. The molecule has 2 rings (SSSR count). The first-order chi connectivity index (χ1) is 7.13. The average Bonchev–Trinajstić information content (AvgIpc) is 3.05. The van der Waals surface area contributed by atoms with Crippen LogP contribution in [0.5, 0.6) is 0 Å². The van der Waals surface area contributed by atoms with Crippen molar-refractivity contribution in [3.63, 3.8) is 0 Å². The van der Waals surface area contributed by atoms with E-state index in [-0.39, 0.29) is 17.7 Å². The van der Waals surface area contributed by atoms with Gasteiger partial charge in [-0.3, -0.25) is 9.59 Å². The number of nitrogens with one attached hydrogen (secondary N) is 1. The van der Waals surface area contributed by atoms with Crippen molar-refractivity contribution in [3.8, 4) is 6.07 Å². The summed E-state index contributed by atoms with van der Waals surface area (Å²) in [6, 6.07) is 2.02. The van der Waals surface area contributed by atoms with Crippen LogP contribution in [0.15, 0.2) is 0 Å². The van der Waals surface area contributed by atoms with Crippen LogP contribution in [-0.2, 0) is 9.59 Å². The van der Waals surface area contributed by atoms with Gasteiger partial charge in [-0.2, -0.15) is 5.26 Å². The molecule has 0 saturated heterocycles. The Bertz CT molecular complexity index is 341. The number of rotatable bonds is 4. The molecule has 4 nitrogen and oxygen atoms in total. The van der Waals surface area contributed by atoms with E-state index in [9.17, 15) is 9.59 Å². The molecule has 0 aromatic carbocycles. The van der Waals surface area contributed by atoms with Crippen molar-refractivity contribution < 1.29 is 9.59 Å². The number of nitriles is 1. The second-order valence-electron chi connectivity index (χ2n) is 4.57. The smallest absolute Gasteiger partial charge is 0.245 e. The predicted octanol–water partition coefficient (Wildman–Crippen LogP) is 0.630. The molecule has 1 N–H and O–H groups in total. The van der Waals surface area contributed by atoms with Crippen LogP contribution < -0.4 is 5.32 Å². The number of nitrogens with zero attached hydrogens (tertiary/aromatic N) is 1. The molecule has 80 valence electrons. The minimum absolute atomic E-state index is 0.0559. The Kier molecular flexibility index (Phi) is 2.47. The van der Waals surface area contributed by atoms with E-state index >= 15 is 0 Å². The normalized spacial score (nSPS) is 30.1. The van der Waals surface area contributed by atoms with Crippen LogP contribution in [-0.4, -0.2) is 17.7 Å². The lowest BCUT2D eigenvalue weighted by atomic mass is 10.00. The zero-order valence-corrected chi connectivity index (χ0v) is 8.69. The van der Waals surface area contributed by atoms with Crippen molar-refractivity contribution in [3.05, 3.63) is 0 Å². The maximum Gasteiger partial charge on any atom is 0.245 e. The molecule has 0 radical (unpaired) electrons. The third-order valence-corrected chi connectivity index (χ3v) is 3.07. The molecule has 2 fully saturated rings. The third kappa shape index (κ3) is 2.17. The van der Waals surface area contributed by atoms with E-state index in [0.29, 0.717) is 5.92 Å². The quantitative estimate of drug-likeness (QED) is 0.686. The summed E-state index contributed by atoms with van der Waals surface area (Å²) < 4.78 is 0. The molecule has 0 unspecified atom stereocenters. The van der Waals surface area contributed by atoms with Gasteiger partial charge in [-0.15, -0.1) is 0 Å². The van der Waals surface area contributed by atoms with E-state index in [1.165, 1.54) is 0 Å². The molecule has 0 heterocycles. The Labute approximate surface area is 88.6 Å². The van der Waals surface area contributed by atoms with Gasteiger partial charge in [0.15, 0.2) is 11.7 Å². The van der Waals surface area contributed by atoms with Crippen LogP contribution >= 0.6 is 0 Å². The molecule has 0 spiro atoms. The molecule has 15 heavy (non-hydrogen) atoms. The van der Waals surface area contributed by atoms with E-state index < -0.39 is 11.8 Å². The summed E-state index contributed by atoms with van der Waals surface area (Å²) in [6.07, 6.45) is 2.77. The number of hydrogen-bond acceptors (Lipinski definition) is 3. The largest absolute Gasteiger partial charge is 0.352 e. The summed E-state index contributed by atoms with van der Waals surface area (Å²) in [5.41, 5.74) is 0. The molecule has 3 atom stereocenters. The van der Waals surface area contributed by atoms with Gasteiger partial charge in [-0.05, 0) is 25.2 Å². The topological polar surface area (TPSA) is 70.0 Å². The fourth-order valence-corrected chi connectivity index (χ4v) is 1.70. The van der Waals surface area contributed by atoms with Gasteiger partial charge in [0.1, 0.15) is 0 Å². The lowest BCUT2D eigenvalue weighted by Gasteiger charge is -2.07. The fourth-order valence-electron chi connectivity index (χ4n) is 1.70. The first-order valence-electron chi connectivity index (χ1n) is 5.37. The van der Waals surface area contributed by atoms with Gasteiger partial charge >= 0.3 is 0 Å². The van der Waals surface area contributed by atoms with Gasteiger partial charge < -0.3 is 5.32 Å². The van der Waals surface area contributed by atoms with Crippen LogP contribution in [0, 0.1) is 29.1 Å². The van der Waals surface area contributed by atoms with Crippen molar-refractivity contribution in [1.29, 1.82) is 5.26 Å². The lowest BCUT2D eigenvalue weighted by molar-refractivity contribution is -0.132. The van der Waals surface area contributed by atoms with Gasteiger partial charge in [-0.1, -0.05) is 6.92 Å². The molecule has 2 aliphatic carbocycles. The maximum atomic E-state index is 11.7. The van der Waals surface area contributed by atoms with Crippen LogP contribution in [0.25, 0.3) is 0 Å². The van der Waals surface area contributed by atoms with E-state index in [2.05, 4.69) is 5.32 Å². The minimum Gasteiger partial charge on any atom is -0.352 e. The second kappa shape index (κ2) is 3.65. The molecule has 0 aromatic rings. The molecule has 4 heteroatoms. The number of Topliss-reactive ketones (excluding diaryl/α,β-unsaturated/α-hetero) is 1. The Hall–Kier alpha value is -1.37. The summed E-state index contributed by atoms with van der Waals surface area (Å²) in [5.74, 6) is -1.38. The van der Waals surface area contributed by atoms with E-state index in [0.717, 1.165) is 19.3 Å². The van der Waals surface area contributed by atoms with Crippen molar-refractivity contribution >= 4 is 11.7 Å². The van der Waals surface area contributed by atoms with Crippen LogP contribution in [0.3, 0.4) is 0 Å². The zero-order chi connectivity index (χ0) is 11.0. The van der Waals surface area contributed by atoms with E-state index in [1.54, 1.807) is 0 Å². The summed E-state index contributed by atoms with van der Waals surface area (Å²) in [5, 5.41) is 11.5. The Morgan fingerprint density at radius 3 is 2.47 bits per heavy atom. The molecular weight excluding hydrogens is 192 g/mol. The summed E-state index contributed by atoms with van der Waals surface area (Å²) in [4.78, 5) is 23.3. The van der Waals surface area contributed by atoms with Crippen molar-refractivity contribution in [1.82, 2.24) is 5.32 Å². The van der Waals surface area contributed by atoms with Gasteiger partial charge in [0.2, 0.25) is 5.91 Å². The first kappa shape index (κ1) is 10.2. The Morgan fingerprint density at radius 1 is 1.47 bits per heavy atom. The summed E-state index contributed by atoms with van der Waals surface area (Å²) in [7, 11) is 0. The second-order valence-corrected chi connectivity index (χ2v) is 4.57. The highest BCUT2D eigenvalue weighted by atomic mass is 16.2. The minimum atomic E-state index is -1.08. The molecule has 2 aliphatic rings. The standard InChI is InChI=1S/C11H14N2O2/c1-6-4-8(6)10(14)9(5-12)11(15)13-7-2-3-7/h6-9H,2-4H2,1H3,(H,13,15)/t6-,8+,9+/m1/s1. The van der Waals surface area contributed by atoms with E-state index in [4.69, 9.17) is 5.26 Å². The van der Waals surface area contributed by atoms with Crippen molar-refractivity contribution in [2.24, 2.45) is 17.8 Å². The molecule has 1 amide bonds. The molecule has 0 bridgehead atoms. The Balaban J connectivity index is 1.93. The lowest BCUT2D eigenvalue weighted by Crippen LogP contribution is -2.36. The number of hydrogen-bond donors (Lipinski definition) is 1. The van der Waals surface area contributed by atoms with Crippen molar-refractivity contribution in [2.45, 2.75) is 32.2 Å². The number of ketones is 1. The summed E-state index contributed by atoms with van der Waals surface area (Å²) in [6.45, 7) is 1.97. The van der Waals surface area contributed by atoms with Gasteiger partial charge in [0.25, 0.3) is 0 Å². The van der Waals surface area contributed by atoms with Crippen LogP contribution in [0.2, 0.25) is 0 Å². The van der Waals surface area contributed by atoms with Crippen LogP contribution in [0.4, 0.5) is 0 Å². The molecule has 0 aliphatic heterocycles. The first-order valence-corrected chi connectivity index (χ1v) is 5.37. The predicted molar refractivity (Wildman–Crippen MR) is 52.5 cm³/mol. The monoisotopic (exact) mass is 206 g/mol. The zero-order valence-electron chi connectivity index (χ0n) is 8.69. The van der Waals surface area contributed by atoms with E-state index in [1.807, 2.05) is 13.0 Å². The molecule has 2 saturated carbocycles. The highest BCUT2D eigenvalue weighted by Crippen LogP contribution is 2.40. The average molecular weight is 206 g/mol. The van der Waals surface area contributed by atoms with Gasteiger partial charge in [0.05, 0.1) is 6.07 Å². The number of carbonyl (C=O) groups is 2. The summed E-state index contributed by atoms with van der Waals surface area (Å²) >= 11 is 0. The molecular formula is C11H14N2O2. The SMILES string of the molecule is C[C@@H]1C[C@@H]1C(=O)[C@H](C#N)C(=O)NC1CC1. The van der Waals surface area contributed by atoms with Crippen LogP contribution in [0.1, 0.15) is 26.2 Å².